The van der Waals surface area contributed by atoms with E-state index in [2.05, 4.69) is 48.0 Å². The Hall–Kier alpha value is -2.17. The second-order valence-electron chi connectivity index (χ2n) is 5.95. The molecule has 124 valence electrons. The number of benzene rings is 1. The Labute approximate surface area is 146 Å². The lowest BCUT2D eigenvalue weighted by molar-refractivity contribution is 0.268. The second kappa shape index (κ2) is 7.16. The van der Waals surface area contributed by atoms with Crippen molar-refractivity contribution < 1.29 is 0 Å². The van der Waals surface area contributed by atoms with Gasteiger partial charge in [0.2, 0.25) is 0 Å². The molecule has 0 aliphatic rings. The third-order valence-electron chi connectivity index (χ3n) is 4.04. The number of hydrogen-bond donors (Lipinski definition) is 0. The molecule has 24 heavy (non-hydrogen) atoms. The number of pyridine rings is 1. The molecule has 0 atom stereocenters. The van der Waals surface area contributed by atoms with Crippen LogP contribution in [0.4, 0.5) is 0 Å². The highest BCUT2D eigenvalue weighted by atomic mass is 35.5. The third-order valence-corrected chi connectivity index (χ3v) is 4.26. The molecule has 5 heteroatoms. The molecule has 3 aromatic rings. The average molecular weight is 342 g/mol. The molecular weight excluding hydrogens is 322 g/mol. The average Bonchev–Trinajstić information content (AvgIpc) is 2.57. The summed E-state index contributed by atoms with van der Waals surface area (Å²) in [6, 6.07) is 13.6. The van der Waals surface area contributed by atoms with Crippen molar-refractivity contribution in [1.29, 1.82) is 0 Å². The van der Waals surface area contributed by atoms with Gasteiger partial charge in [0, 0.05) is 25.4 Å². The van der Waals surface area contributed by atoms with Crippen LogP contribution in [-0.2, 0) is 13.1 Å². The summed E-state index contributed by atoms with van der Waals surface area (Å²) in [6.45, 7) is 6.55. The topological polar surface area (TPSA) is 37.6 Å². The maximum atomic E-state index is 12.3. The first kappa shape index (κ1) is 16.7. The molecule has 3 rings (SSSR count). The van der Waals surface area contributed by atoms with Crippen LogP contribution in [0.3, 0.4) is 0 Å². The van der Waals surface area contributed by atoms with Crippen molar-refractivity contribution in [3.05, 3.63) is 80.9 Å². The van der Waals surface area contributed by atoms with Crippen molar-refractivity contribution in [3.63, 3.8) is 0 Å². The SMILES string of the molecule is CCN(Cc1ccc(C)cc1)Cc1cc(=O)n2cc(Cl)ccc2n1. The molecule has 2 heterocycles. The highest BCUT2D eigenvalue weighted by Crippen LogP contribution is 2.11. The molecule has 2 aromatic heterocycles. The van der Waals surface area contributed by atoms with E-state index in [-0.39, 0.29) is 5.56 Å². The fourth-order valence-electron chi connectivity index (χ4n) is 2.67. The molecule has 0 N–H and O–H groups in total. The zero-order valence-corrected chi connectivity index (χ0v) is 14.6. The summed E-state index contributed by atoms with van der Waals surface area (Å²) in [5.74, 6) is 0. The van der Waals surface area contributed by atoms with Gasteiger partial charge < -0.3 is 0 Å². The smallest absolute Gasteiger partial charge is 0.258 e. The van der Waals surface area contributed by atoms with E-state index in [0.29, 0.717) is 17.2 Å². The quantitative estimate of drug-likeness (QED) is 0.710. The summed E-state index contributed by atoms with van der Waals surface area (Å²) < 4.78 is 1.47. The minimum atomic E-state index is -0.108. The number of nitrogens with zero attached hydrogens (tertiary/aromatic N) is 3. The van der Waals surface area contributed by atoms with Crippen LogP contribution in [0.15, 0.2) is 53.5 Å². The van der Waals surface area contributed by atoms with E-state index in [9.17, 15) is 4.79 Å². The van der Waals surface area contributed by atoms with Gasteiger partial charge in [-0.25, -0.2) is 4.98 Å². The fourth-order valence-corrected chi connectivity index (χ4v) is 2.83. The van der Waals surface area contributed by atoms with Crippen molar-refractivity contribution in [1.82, 2.24) is 14.3 Å². The van der Waals surface area contributed by atoms with Gasteiger partial charge in [-0.2, -0.15) is 0 Å². The molecule has 0 unspecified atom stereocenters. The lowest BCUT2D eigenvalue weighted by atomic mass is 10.1. The molecule has 0 saturated heterocycles. The third kappa shape index (κ3) is 3.83. The maximum absolute atomic E-state index is 12.3. The van der Waals surface area contributed by atoms with Crippen molar-refractivity contribution in [2.24, 2.45) is 0 Å². The molecule has 4 nitrogen and oxygen atoms in total. The van der Waals surface area contributed by atoms with Gasteiger partial charge in [0.05, 0.1) is 10.7 Å². The number of fused-ring (bicyclic) bond motifs is 1. The van der Waals surface area contributed by atoms with Gasteiger partial charge >= 0.3 is 0 Å². The second-order valence-corrected chi connectivity index (χ2v) is 6.39. The lowest BCUT2D eigenvalue weighted by Gasteiger charge is -2.20. The van der Waals surface area contributed by atoms with Crippen molar-refractivity contribution >= 4 is 17.2 Å². The summed E-state index contributed by atoms with van der Waals surface area (Å²) in [5, 5.41) is 0.522. The fraction of sp³-hybridized carbons (Fsp3) is 0.263. The first-order valence-corrected chi connectivity index (χ1v) is 8.38. The number of halogens is 1. The Kier molecular flexibility index (Phi) is 4.97. The molecule has 0 aliphatic carbocycles. The Bertz CT molecular complexity index is 903. The van der Waals surface area contributed by atoms with E-state index >= 15 is 0 Å². The van der Waals surface area contributed by atoms with Crippen LogP contribution < -0.4 is 5.56 Å². The van der Waals surface area contributed by atoms with Crippen LogP contribution in [0.1, 0.15) is 23.7 Å². The molecule has 1 aromatic carbocycles. The van der Waals surface area contributed by atoms with Crippen LogP contribution >= 0.6 is 11.6 Å². The molecule has 0 saturated carbocycles. The zero-order chi connectivity index (χ0) is 17.1. The van der Waals surface area contributed by atoms with E-state index in [1.165, 1.54) is 15.5 Å². The standard InChI is InChI=1S/C19H20ClN3O/c1-3-22(11-15-6-4-14(2)5-7-15)13-17-10-19(24)23-12-16(20)8-9-18(23)21-17/h4-10,12H,3,11,13H2,1-2H3. The maximum Gasteiger partial charge on any atom is 0.258 e. The molecule has 0 amide bonds. The van der Waals surface area contributed by atoms with Gasteiger partial charge in [-0.15, -0.1) is 0 Å². The number of aryl methyl sites for hydroxylation is 1. The van der Waals surface area contributed by atoms with Gasteiger partial charge in [-0.3, -0.25) is 14.1 Å². The van der Waals surface area contributed by atoms with E-state index in [4.69, 9.17) is 11.6 Å². The molecule has 0 spiro atoms. The van der Waals surface area contributed by atoms with E-state index in [1.54, 1.807) is 24.4 Å². The summed E-state index contributed by atoms with van der Waals surface area (Å²) in [6.07, 6.45) is 1.60. The van der Waals surface area contributed by atoms with Crippen molar-refractivity contribution in [2.75, 3.05) is 6.54 Å². The van der Waals surface area contributed by atoms with Gasteiger partial charge in [0.25, 0.3) is 5.56 Å². The summed E-state index contributed by atoms with van der Waals surface area (Å²) in [4.78, 5) is 19.1. The number of aromatic nitrogens is 2. The van der Waals surface area contributed by atoms with Crippen LogP contribution in [0.2, 0.25) is 5.02 Å². The Morgan fingerprint density at radius 3 is 2.58 bits per heavy atom. The van der Waals surface area contributed by atoms with Crippen LogP contribution in [0.5, 0.6) is 0 Å². The molecule has 0 aliphatic heterocycles. The minimum absolute atomic E-state index is 0.108. The molecule has 0 bridgehead atoms. The van der Waals surface area contributed by atoms with E-state index in [1.807, 2.05) is 0 Å². The first-order valence-electron chi connectivity index (χ1n) is 8.01. The predicted octanol–water partition coefficient (Wildman–Crippen LogP) is 3.68. The van der Waals surface area contributed by atoms with Crippen LogP contribution in [-0.4, -0.2) is 20.8 Å². The van der Waals surface area contributed by atoms with Gasteiger partial charge in [-0.05, 0) is 31.2 Å². The normalized spacial score (nSPS) is 11.3. The highest BCUT2D eigenvalue weighted by Gasteiger charge is 2.09. The van der Waals surface area contributed by atoms with E-state index < -0.39 is 0 Å². The van der Waals surface area contributed by atoms with Crippen molar-refractivity contribution in [3.8, 4) is 0 Å². The van der Waals surface area contributed by atoms with Gasteiger partial charge in [0.1, 0.15) is 5.65 Å². The summed E-state index contributed by atoms with van der Waals surface area (Å²) in [5.41, 5.74) is 3.80. The highest BCUT2D eigenvalue weighted by molar-refractivity contribution is 6.30. The first-order chi connectivity index (χ1) is 11.5. The van der Waals surface area contributed by atoms with Crippen LogP contribution in [0.25, 0.3) is 5.65 Å². The summed E-state index contributed by atoms with van der Waals surface area (Å²) >= 11 is 5.94. The largest absolute Gasteiger partial charge is 0.294 e. The van der Waals surface area contributed by atoms with E-state index in [0.717, 1.165) is 18.8 Å². The van der Waals surface area contributed by atoms with Gasteiger partial charge in [-0.1, -0.05) is 48.4 Å². The number of rotatable bonds is 5. The monoisotopic (exact) mass is 341 g/mol. The Morgan fingerprint density at radius 1 is 1.12 bits per heavy atom. The Balaban J connectivity index is 1.83. The molecular formula is C19H20ClN3O. The number of hydrogen-bond acceptors (Lipinski definition) is 3. The Morgan fingerprint density at radius 2 is 1.88 bits per heavy atom. The summed E-state index contributed by atoms with van der Waals surface area (Å²) in [7, 11) is 0. The van der Waals surface area contributed by atoms with Crippen molar-refractivity contribution in [2.45, 2.75) is 26.9 Å². The predicted molar refractivity (Wildman–Crippen MR) is 97.4 cm³/mol. The minimum Gasteiger partial charge on any atom is -0.294 e. The van der Waals surface area contributed by atoms with Gasteiger partial charge in [0.15, 0.2) is 0 Å². The molecule has 0 fully saturated rings. The zero-order valence-electron chi connectivity index (χ0n) is 13.9. The molecule has 0 radical (unpaired) electrons. The van der Waals surface area contributed by atoms with Crippen LogP contribution in [0, 0.1) is 6.92 Å². The lowest BCUT2D eigenvalue weighted by Crippen LogP contribution is -2.25.